The minimum atomic E-state index is 0.0928. The molecular formula is C19H16N2OS. The fourth-order valence-electron chi connectivity index (χ4n) is 2.64. The maximum Gasteiger partial charge on any atom is 0.137 e. The number of imidazole rings is 1. The van der Waals surface area contributed by atoms with Crippen LogP contribution < -0.4 is 0 Å². The molecule has 114 valence electrons. The molecule has 4 rings (SSSR count). The van der Waals surface area contributed by atoms with Crippen LogP contribution in [0.3, 0.4) is 0 Å². The van der Waals surface area contributed by atoms with Gasteiger partial charge in [-0.3, -0.25) is 0 Å². The number of thiophene rings is 1. The first-order valence-electron chi connectivity index (χ1n) is 7.47. The molecule has 0 aliphatic carbocycles. The van der Waals surface area contributed by atoms with Crippen LogP contribution >= 0.6 is 11.3 Å². The third-order valence-electron chi connectivity index (χ3n) is 3.94. The molecule has 1 N–H and O–H groups in total. The number of rotatable bonds is 3. The van der Waals surface area contributed by atoms with Gasteiger partial charge in [0.05, 0.1) is 12.3 Å². The topological polar surface area (TPSA) is 37.5 Å². The van der Waals surface area contributed by atoms with E-state index in [1.807, 2.05) is 12.1 Å². The van der Waals surface area contributed by atoms with Gasteiger partial charge in [0.1, 0.15) is 5.65 Å². The molecule has 0 bridgehead atoms. The smallest absolute Gasteiger partial charge is 0.137 e. The van der Waals surface area contributed by atoms with Crippen molar-refractivity contribution in [2.45, 2.75) is 13.5 Å². The molecular weight excluding hydrogens is 304 g/mol. The fourth-order valence-corrected chi connectivity index (χ4v) is 3.39. The number of benzene rings is 1. The minimum absolute atomic E-state index is 0.0928. The summed E-state index contributed by atoms with van der Waals surface area (Å²) in [5.41, 5.74) is 6.54. The van der Waals surface area contributed by atoms with Crippen molar-refractivity contribution in [3.8, 4) is 22.4 Å². The molecule has 4 aromatic rings. The Balaban J connectivity index is 1.75. The highest BCUT2D eigenvalue weighted by Gasteiger charge is 2.07. The second kappa shape index (κ2) is 5.65. The Morgan fingerprint density at radius 2 is 1.78 bits per heavy atom. The molecule has 0 aliphatic heterocycles. The SMILES string of the molecule is Cc1ccc(-c2cn3cc(-c4csc(CO)c4)ccc3n2)cc1. The average molecular weight is 320 g/mol. The summed E-state index contributed by atoms with van der Waals surface area (Å²) in [6.07, 6.45) is 4.14. The van der Waals surface area contributed by atoms with Crippen LogP contribution in [0.4, 0.5) is 0 Å². The lowest BCUT2D eigenvalue weighted by atomic mass is 10.1. The van der Waals surface area contributed by atoms with Gasteiger partial charge in [-0.2, -0.15) is 0 Å². The third-order valence-corrected chi connectivity index (χ3v) is 4.86. The van der Waals surface area contributed by atoms with Crippen LogP contribution in [0.2, 0.25) is 0 Å². The van der Waals surface area contributed by atoms with Crippen LogP contribution in [0.15, 0.2) is 60.2 Å². The predicted octanol–water partition coefficient (Wildman–Crippen LogP) is 4.53. The molecule has 0 saturated carbocycles. The number of aromatic nitrogens is 2. The molecule has 3 nitrogen and oxygen atoms in total. The first kappa shape index (κ1) is 14.2. The number of pyridine rings is 1. The van der Waals surface area contributed by atoms with Crippen LogP contribution in [-0.4, -0.2) is 14.5 Å². The average Bonchev–Trinajstić information content (AvgIpc) is 3.21. The van der Waals surface area contributed by atoms with Gasteiger partial charge in [0.2, 0.25) is 0 Å². The second-order valence-corrected chi connectivity index (χ2v) is 6.63. The van der Waals surface area contributed by atoms with Gasteiger partial charge in [0.15, 0.2) is 0 Å². The van der Waals surface area contributed by atoms with Crippen molar-refractivity contribution in [3.63, 3.8) is 0 Å². The number of fused-ring (bicyclic) bond motifs is 1. The van der Waals surface area contributed by atoms with Crippen molar-refractivity contribution in [2.24, 2.45) is 0 Å². The van der Waals surface area contributed by atoms with Crippen LogP contribution in [0.1, 0.15) is 10.4 Å². The Kier molecular flexibility index (Phi) is 3.48. The summed E-state index contributed by atoms with van der Waals surface area (Å²) >= 11 is 1.58. The van der Waals surface area contributed by atoms with Gasteiger partial charge in [0, 0.05) is 22.8 Å². The maximum absolute atomic E-state index is 9.21. The summed E-state index contributed by atoms with van der Waals surface area (Å²) in [5.74, 6) is 0. The number of aliphatic hydroxyl groups is 1. The number of aryl methyl sites for hydroxylation is 1. The van der Waals surface area contributed by atoms with Gasteiger partial charge in [-0.05, 0) is 41.6 Å². The molecule has 1 aromatic carbocycles. The summed E-state index contributed by atoms with van der Waals surface area (Å²) in [6.45, 7) is 2.18. The van der Waals surface area contributed by atoms with E-state index in [0.29, 0.717) is 0 Å². The predicted molar refractivity (Wildman–Crippen MR) is 94.6 cm³/mol. The van der Waals surface area contributed by atoms with E-state index in [2.05, 4.69) is 59.4 Å². The molecule has 23 heavy (non-hydrogen) atoms. The molecule has 0 aliphatic rings. The lowest BCUT2D eigenvalue weighted by Crippen LogP contribution is -1.84. The quantitative estimate of drug-likeness (QED) is 0.602. The lowest BCUT2D eigenvalue weighted by molar-refractivity contribution is 0.285. The van der Waals surface area contributed by atoms with E-state index < -0.39 is 0 Å². The van der Waals surface area contributed by atoms with Gasteiger partial charge < -0.3 is 9.51 Å². The summed E-state index contributed by atoms with van der Waals surface area (Å²) in [4.78, 5) is 5.67. The van der Waals surface area contributed by atoms with Crippen molar-refractivity contribution in [1.29, 1.82) is 0 Å². The van der Waals surface area contributed by atoms with Gasteiger partial charge in [-0.25, -0.2) is 4.98 Å². The Labute approximate surface area is 138 Å². The van der Waals surface area contributed by atoms with Crippen LogP contribution in [0.5, 0.6) is 0 Å². The Morgan fingerprint density at radius 1 is 1.00 bits per heavy atom. The van der Waals surface area contributed by atoms with Crippen molar-refractivity contribution >= 4 is 17.0 Å². The Morgan fingerprint density at radius 3 is 2.52 bits per heavy atom. The van der Waals surface area contributed by atoms with E-state index >= 15 is 0 Å². The fraction of sp³-hybridized carbons (Fsp3) is 0.105. The number of hydrogen-bond acceptors (Lipinski definition) is 3. The molecule has 0 spiro atoms. The van der Waals surface area contributed by atoms with E-state index in [4.69, 9.17) is 4.98 Å². The molecule has 0 atom stereocenters. The Bertz CT molecular complexity index is 967. The van der Waals surface area contributed by atoms with Crippen LogP contribution in [0, 0.1) is 6.92 Å². The Hall–Kier alpha value is -2.43. The zero-order valence-electron chi connectivity index (χ0n) is 12.7. The highest BCUT2D eigenvalue weighted by atomic mass is 32.1. The van der Waals surface area contributed by atoms with E-state index in [-0.39, 0.29) is 6.61 Å². The van der Waals surface area contributed by atoms with Crippen molar-refractivity contribution in [3.05, 3.63) is 70.7 Å². The molecule has 3 aromatic heterocycles. The monoisotopic (exact) mass is 320 g/mol. The van der Waals surface area contributed by atoms with Gasteiger partial charge in [-0.15, -0.1) is 11.3 Å². The van der Waals surface area contributed by atoms with Gasteiger partial charge >= 0.3 is 0 Å². The van der Waals surface area contributed by atoms with E-state index in [0.717, 1.165) is 32.9 Å². The largest absolute Gasteiger partial charge is 0.391 e. The van der Waals surface area contributed by atoms with Crippen molar-refractivity contribution in [2.75, 3.05) is 0 Å². The van der Waals surface area contributed by atoms with Crippen LogP contribution in [0.25, 0.3) is 28.0 Å². The number of aliphatic hydroxyl groups excluding tert-OH is 1. The summed E-state index contributed by atoms with van der Waals surface area (Å²) in [6, 6.07) is 14.5. The van der Waals surface area contributed by atoms with E-state index in [9.17, 15) is 5.11 Å². The van der Waals surface area contributed by atoms with Crippen molar-refractivity contribution < 1.29 is 5.11 Å². The molecule has 0 radical (unpaired) electrons. The summed E-state index contributed by atoms with van der Waals surface area (Å²) in [5, 5.41) is 11.3. The molecule has 4 heteroatoms. The standard InChI is InChI=1S/C19H16N2OS/c1-13-2-4-14(5-3-13)18-10-21-9-15(6-7-19(21)20-18)16-8-17(11-22)23-12-16/h2-10,12,22H,11H2,1H3. The van der Waals surface area contributed by atoms with Crippen molar-refractivity contribution in [1.82, 2.24) is 9.38 Å². The van der Waals surface area contributed by atoms with Gasteiger partial charge in [0.25, 0.3) is 0 Å². The molecule has 3 heterocycles. The maximum atomic E-state index is 9.21. The first-order chi connectivity index (χ1) is 11.2. The van der Waals surface area contributed by atoms with Gasteiger partial charge in [-0.1, -0.05) is 29.8 Å². The highest BCUT2D eigenvalue weighted by molar-refractivity contribution is 7.10. The molecule has 0 saturated heterocycles. The normalized spacial score (nSPS) is 11.2. The molecule has 0 unspecified atom stereocenters. The number of nitrogens with zero attached hydrogens (tertiary/aromatic N) is 2. The highest BCUT2D eigenvalue weighted by Crippen LogP contribution is 2.27. The summed E-state index contributed by atoms with van der Waals surface area (Å²) in [7, 11) is 0. The number of hydrogen-bond donors (Lipinski definition) is 1. The zero-order valence-corrected chi connectivity index (χ0v) is 13.5. The summed E-state index contributed by atoms with van der Waals surface area (Å²) < 4.78 is 2.06. The molecule has 0 fully saturated rings. The second-order valence-electron chi connectivity index (χ2n) is 5.64. The first-order valence-corrected chi connectivity index (χ1v) is 8.35. The van der Waals surface area contributed by atoms with E-state index in [1.54, 1.807) is 11.3 Å². The van der Waals surface area contributed by atoms with E-state index in [1.165, 1.54) is 5.56 Å². The molecule has 0 amide bonds. The van der Waals surface area contributed by atoms with Crippen LogP contribution in [-0.2, 0) is 6.61 Å². The lowest BCUT2D eigenvalue weighted by Gasteiger charge is -1.99. The third kappa shape index (κ3) is 2.67. The minimum Gasteiger partial charge on any atom is -0.391 e. The zero-order chi connectivity index (χ0) is 15.8.